The molecule has 0 saturated heterocycles. The van der Waals surface area contributed by atoms with Crippen LogP contribution in [0.25, 0.3) is 0 Å². The van der Waals surface area contributed by atoms with Crippen LogP contribution in [0.1, 0.15) is 33.6 Å². The second kappa shape index (κ2) is 6.35. The molecule has 0 atom stereocenters. The van der Waals surface area contributed by atoms with Crippen molar-refractivity contribution in [2.75, 3.05) is 26.5 Å². The first-order valence-corrected chi connectivity index (χ1v) is 7.20. The molecule has 0 radical (unpaired) electrons. The molecule has 17 heavy (non-hydrogen) atoms. The predicted molar refractivity (Wildman–Crippen MR) is 67.1 cm³/mol. The zero-order valence-electron chi connectivity index (χ0n) is 11.3. The number of methoxy groups -OCH3 is 1. The normalized spacial score (nSPS) is 12.8. The molecule has 0 aromatic heterocycles. The van der Waals surface area contributed by atoms with Gasteiger partial charge in [-0.1, -0.05) is 20.8 Å². The second-order valence-electron chi connectivity index (χ2n) is 5.32. The Hall–Kier alpha value is -0.620. The van der Waals surface area contributed by atoms with Gasteiger partial charge >= 0.3 is 5.97 Å². The molecule has 0 aliphatic rings. The van der Waals surface area contributed by atoms with E-state index in [0.29, 0.717) is 13.0 Å². The quantitative estimate of drug-likeness (QED) is 0.678. The van der Waals surface area contributed by atoms with E-state index in [-0.39, 0.29) is 23.6 Å². The number of nitrogens with zero attached hydrogens (tertiary/aromatic N) is 1. The maximum atomic E-state index is 11.9. The fraction of sp³-hybridized carbons (Fsp3) is 0.909. The average Bonchev–Trinajstić information content (AvgIpc) is 2.13. The fourth-order valence-electron chi connectivity index (χ4n) is 1.34. The van der Waals surface area contributed by atoms with Crippen LogP contribution in [0, 0.1) is 5.41 Å². The highest BCUT2D eigenvalue weighted by Gasteiger charge is 2.25. The van der Waals surface area contributed by atoms with Crippen LogP contribution < -0.4 is 0 Å². The standard InChI is InChI=1S/C11H23NO4S/c1-11(2,3)9-17(14,15)12(4)8-6-7-10(13)16-5/h6-9H2,1-5H3. The molecular weight excluding hydrogens is 242 g/mol. The summed E-state index contributed by atoms with van der Waals surface area (Å²) >= 11 is 0. The number of hydrogen-bond acceptors (Lipinski definition) is 4. The molecule has 0 bridgehead atoms. The Kier molecular flexibility index (Phi) is 6.12. The summed E-state index contributed by atoms with van der Waals surface area (Å²) < 4.78 is 29.6. The van der Waals surface area contributed by atoms with Crippen molar-refractivity contribution in [2.45, 2.75) is 33.6 Å². The number of carbonyl (C=O) groups is 1. The number of ether oxygens (including phenoxy) is 1. The van der Waals surface area contributed by atoms with E-state index in [4.69, 9.17) is 0 Å². The summed E-state index contributed by atoms with van der Waals surface area (Å²) in [6, 6.07) is 0. The third-order valence-electron chi connectivity index (χ3n) is 2.17. The van der Waals surface area contributed by atoms with Gasteiger partial charge < -0.3 is 4.74 Å². The minimum Gasteiger partial charge on any atom is -0.469 e. The van der Waals surface area contributed by atoms with Crippen LogP contribution >= 0.6 is 0 Å². The number of esters is 1. The van der Waals surface area contributed by atoms with Gasteiger partial charge in [-0.05, 0) is 11.8 Å². The molecule has 0 rings (SSSR count). The third kappa shape index (κ3) is 7.33. The van der Waals surface area contributed by atoms with E-state index < -0.39 is 10.0 Å². The van der Waals surface area contributed by atoms with Crippen molar-refractivity contribution >= 4 is 16.0 Å². The van der Waals surface area contributed by atoms with Gasteiger partial charge in [-0.25, -0.2) is 12.7 Å². The number of hydrogen-bond donors (Lipinski definition) is 0. The molecule has 0 aliphatic carbocycles. The largest absolute Gasteiger partial charge is 0.469 e. The van der Waals surface area contributed by atoms with Crippen LogP contribution in [0.15, 0.2) is 0 Å². The minimum absolute atomic E-state index is 0.106. The summed E-state index contributed by atoms with van der Waals surface area (Å²) in [6.07, 6.45) is 0.721. The summed E-state index contributed by atoms with van der Waals surface area (Å²) in [5.41, 5.74) is -0.268. The summed E-state index contributed by atoms with van der Waals surface area (Å²) in [6.45, 7) is 5.99. The van der Waals surface area contributed by atoms with Crippen LogP contribution in [0.4, 0.5) is 0 Å². The molecule has 0 aromatic rings. The number of rotatable bonds is 6. The monoisotopic (exact) mass is 265 g/mol. The van der Waals surface area contributed by atoms with Gasteiger partial charge in [0, 0.05) is 20.0 Å². The molecule has 0 fully saturated rings. The Morgan fingerprint density at radius 2 is 1.82 bits per heavy atom. The average molecular weight is 265 g/mol. The Labute approximate surface area is 104 Å². The van der Waals surface area contributed by atoms with E-state index in [2.05, 4.69) is 4.74 Å². The van der Waals surface area contributed by atoms with Gasteiger partial charge in [0.15, 0.2) is 0 Å². The molecule has 0 saturated carbocycles. The molecular formula is C11H23NO4S. The highest BCUT2D eigenvalue weighted by atomic mass is 32.2. The maximum absolute atomic E-state index is 11.9. The van der Waals surface area contributed by atoms with Gasteiger partial charge in [-0.2, -0.15) is 0 Å². The van der Waals surface area contributed by atoms with E-state index in [1.54, 1.807) is 7.05 Å². The van der Waals surface area contributed by atoms with Gasteiger partial charge in [0.2, 0.25) is 10.0 Å². The van der Waals surface area contributed by atoms with E-state index in [9.17, 15) is 13.2 Å². The van der Waals surface area contributed by atoms with Gasteiger partial charge in [0.25, 0.3) is 0 Å². The van der Waals surface area contributed by atoms with Crippen LogP contribution in [0.3, 0.4) is 0 Å². The van der Waals surface area contributed by atoms with Gasteiger partial charge in [0.1, 0.15) is 0 Å². The van der Waals surface area contributed by atoms with Gasteiger partial charge in [-0.15, -0.1) is 0 Å². The van der Waals surface area contributed by atoms with Crippen molar-refractivity contribution in [2.24, 2.45) is 5.41 Å². The Morgan fingerprint density at radius 1 is 1.29 bits per heavy atom. The molecule has 5 nitrogen and oxygen atoms in total. The van der Waals surface area contributed by atoms with Crippen LogP contribution in [-0.2, 0) is 19.6 Å². The van der Waals surface area contributed by atoms with Crippen molar-refractivity contribution in [3.05, 3.63) is 0 Å². The number of carbonyl (C=O) groups excluding carboxylic acids is 1. The van der Waals surface area contributed by atoms with Crippen LogP contribution in [0.2, 0.25) is 0 Å². The lowest BCUT2D eigenvalue weighted by molar-refractivity contribution is -0.140. The Morgan fingerprint density at radius 3 is 2.24 bits per heavy atom. The smallest absolute Gasteiger partial charge is 0.305 e. The summed E-state index contributed by atoms with van der Waals surface area (Å²) in [5.74, 6) is -0.207. The molecule has 0 spiro atoms. The molecule has 0 N–H and O–H groups in total. The Balaban J connectivity index is 4.22. The van der Waals surface area contributed by atoms with Crippen molar-refractivity contribution in [3.8, 4) is 0 Å². The van der Waals surface area contributed by atoms with Crippen molar-refractivity contribution < 1.29 is 17.9 Å². The maximum Gasteiger partial charge on any atom is 0.305 e. The Bertz CT molecular complexity index is 343. The highest BCUT2D eigenvalue weighted by Crippen LogP contribution is 2.18. The van der Waals surface area contributed by atoms with Crippen molar-refractivity contribution in [1.82, 2.24) is 4.31 Å². The van der Waals surface area contributed by atoms with Gasteiger partial charge in [0.05, 0.1) is 12.9 Å². The lowest BCUT2D eigenvalue weighted by Crippen LogP contribution is -2.35. The fourth-order valence-corrected chi connectivity index (χ4v) is 3.07. The minimum atomic E-state index is -3.24. The molecule has 6 heteroatoms. The summed E-state index contributed by atoms with van der Waals surface area (Å²) in [7, 11) is -0.380. The topological polar surface area (TPSA) is 63.7 Å². The molecule has 0 aromatic carbocycles. The molecule has 102 valence electrons. The zero-order chi connectivity index (χ0) is 13.7. The first kappa shape index (κ1) is 16.4. The van der Waals surface area contributed by atoms with E-state index >= 15 is 0 Å². The molecule has 0 aliphatic heterocycles. The van der Waals surface area contributed by atoms with E-state index in [1.165, 1.54) is 11.4 Å². The first-order valence-electron chi connectivity index (χ1n) is 5.59. The van der Waals surface area contributed by atoms with Crippen LogP contribution in [-0.4, -0.2) is 45.1 Å². The van der Waals surface area contributed by atoms with Crippen LogP contribution in [0.5, 0.6) is 0 Å². The predicted octanol–water partition coefficient (Wildman–Crippen LogP) is 1.25. The van der Waals surface area contributed by atoms with E-state index in [1.807, 2.05) is 20.8 Å². The summed E-state index contributed by atoms with van der Waals surface area (Å²) in [5, 5.41) is 0. The lowest BCUT2D eigenvalue weighted by Gasteiger charge is -2.23. The SMILES string of the molecule is COC(=O)CCCN(C)S(=O)(=O)CC(C)(C)C. The zero-order valence-corrected chi connectivity index (χ0v) is 12.1. The first-order chi connectivity index (χ1) is 7.58. The second-order valence-corrected chi connectivity index (χ2v) is 7.39. The van der Waals surface area contributed by atoms with Crippen molar-refractivity contribution in [1.29, 1.82) is 0 Å². The van der Waals surface area contributed by atoms with Gasteiger partial charge in [-0.3, -0.25) is 4.79 Å². The molecule has 0 amide bonds. The third-order valence-corrected chi connectivity index (χ3v) is 4.53. The number of sulfonamides is 1. The van der Waals surface area contributed by atoms with Crippen molar-refractivity contribution in [3.63, 3.8) is 0 Å². The summed E-state index contributed by atoms with van der Waals surface area (Å²) in [4.78, 5) is 10.9. The highest BCUT2D eigenvalue weighted by molar-refractivity contribution is 7.89. The van der Waals surface area contributed by atoms with E-state index in [0.717, 1.165) is 0 Å². The molecule has 0 unspecified atom stereocenters. The molecule has 0 heterocycles. The lowest BCUT2D eigenvalue weighted by atomic mass is 10.0.